The first-order valence-corrected chi connectivity index (χ1v) is 9.34. The predicted octanol–water partition coefficient (Wildman–Crippen LogP) is 3.60. The molecule has 1 N–H and O–H groups in total. The average Bonchev–Trinajstić information content (AvgIpc) is 2.80. The molecule has 0 aliphatic carbocycles. The second-order valence-corrected chi connectivity index (χ2v) is 6.55. The molecule has 0 fully saturated rings. The quantitative estimate of drug-likeness (QED) is 0.535. The first-order chi connectivity index (χ1) is 15.0. The molecule has 8 heteroatoms. The number of hydrogen-bond acceptors (Lipinski definition) is 5. The Morgan fingerprint density at radius 1 is 0.968 bits per heavy atom. The van der Waals surface area contributed by atoms with E-state index in [0.29, 0.717) is 11.3 Å². The summed E-state index contributed by atoms with van der Waals surface area (Å²) in [7, 11) is 2.86. The third-order valence-electron chi connectivity index (χ3n) is 4.75. The number of rotatable bonds is 5. The van der Waals surface area contributed by atoms with Crippen molar-refractivity contribution in [1.82, 2.24) is 9.66 Å². The smallest absolute Gasteiger partial charge is 0.280 e. The molecular weight excluding hydrogens is 401 g/mol. The third kappa shape index (κ3) is 3.59. The lowest BCUT2D eigenvalue weighted by Crippen LogP contribution is -2.35. The molecule has 0 radical (unpaired) electrons. The summed E-state index contributed by atoms with van der Waals surface area (Å²) in [5.74, 6) is -0.693. The molecule has 0 bridgehead atoms. The number of halogens is 1. The van der Waals surface area contributed by atoms with Crippen molar-refractivity contribution in [3.63, 3.8) is 0 Å². The van der Waals surface area contributed by atoms with Gasteiger partial charge in [-0.25, -0.2) is 9.37 Å². The Balaban J connectivity index is 1.91. The van der Waals surface area contributed by atoms with Crippen LogP contribution in [0, 0.1) is 5.82 Å². The van der Waals surface area contributed by atoms with E-state index in [2.05, 4.69) is 10.4 Å². The highest BCUT2D eigenvalue weighted by molar-refractivity contribution is 6.03. The van der Waals surface area contributed by atoms with Crippen LogP contribution in [-0.2, 0) is 0 Å². The maximum atomic E-state index is 14.6. The van der Waals surface area contributed by atoms with Crippen LogP contribution in [0.1, 0.15) is 10.4 Å². The molecule has 0 saturated heterocycles. The van der Waals surface area contributed by atoms with Gasteiger partial charge in [0, 0.05) is 0 Å². The van der Waals surface area contributed by atoms with Crippen LogP contribution < -0.4 is 20.5 Å². The Kier molecular flexibility index (Phi) is 5.36. The summed E-state index contributed by atoms with van der Waals surface area (Å²) in [6, 6.07) is 17.3. The van der Waals surface area contributed by atoms with Gasteiger partial charge in [0.15, 0.2) is 17.3 Å². The van der Waals surface area contributed by atoms with Crippen molar-refractivity contribution in [3.05, 3.63) is 88.5 Å². The van der Waals surface area contributed by atoms with Crippen LogP contribution in [0.25, 0.3) is 22.3 Å². The highest BCUT2D eigenvalue weighted by Gasteiger charge is 2.21. The Labute approximate surface area is 176 Å². The molecule has 0 aliphatic rings. The van der Waals surface area contributed by atoms with Gasteiger partial charge in [0.25, 0.3) is 11.5 Å². The summed E-state index contributed by atoms with van der Waals surface area (Å²) in [6.45, 7) is 0. The minimum atomic E-state index is -0.646. The van der Waals surface area contributed by atoms with Crippen molar-refractivity contribution in [2.24, 2.45) is 0 Å². The molecule has 4 rings (SSSR count). The standard InChI is InChI=1S/C23H18FN3O4/c1-30-19-13-7-10-16(20(19)31-2)22(28)26-27-21(14-8-3-5-11-17(14)24)25-18-12-6-4-9-15(18)23(27)29/h3-13H,1-2H3,(H,26,28). The fraction of sp³-hybridized carbons (Fsp3) is 0.0870. The van der Waals surface area contributed by atoms with Crippen LogP contribution >= 0.6 is 0 Å². The zero-order valence-electron chi connectivity index (χ0n) is 16.8. The molecule has 0 atom stereocenters. The van der Waals surface area contributed by atoms with Gasteiger partial charge < -0.3 is 9.47 Å². The third-order valence-corrected chi connectivity index (χ3v) is 4.75. The summed E-state index contributed by atoms with van der Waals surface area (Å²) >= 11 is 0. The topological polar surface area (TPSA) is 82.5 Å². The average molecular weight is 419 g/mol. The second-order valence-electron chi connectivity index (χ2n) is 6.55. The van der Waals surface area contributed by atoms with Crippen LogP contribution in [0.3, 0.4) is 0 Å². The Morgan fingerprint density at radius 3 is 2.45 bits per heavy atom. The molecule has 31 heavy (non-hydrogen) atoms. The molecule has 0 aliphatic heterocycles. The molecule has 1 heterocycles. The molecule has 7 nitrogen and oxygen atoms in total. The molecular formula is C23H18FN3O4. The molecule has 0 unspecified atom stereocenters. The largest absolute Gasteiger partial charge is 0.493 e. The van der Waals surface area contributed by atoms with Gasteiger partial charge in [-0.2, -0.15) is 4.68 Å². The van der Waals surface area contributed by atoms with Crippen LogP contribution in [0.15, 0.2) is 71.5 Å². The van der Waals surface area contributed by atoms with E-state index in [4.69, 9.17) is 9.47 Å². The molecule has 1 amide bonds. The number of carbonyl (C=O) groups is 1. The summed E-state index contributed by atoms with van der Waals surface area (Å²) in [6.07, 6.45) is 0. The van der Waals surface area contributed by atoms with E-state index in [1.807, 2.05) is 0 Å². The number of benzene rings is 3. The number of amides is 1. The number of nitrogens with zero attached hydrogens (tertiary/aromatic N) is 2. The van der Waals surface area contributed by atoms with Gasteiger partial charge in [0.1, 0.15) is 5.82 Å². The van der Waals surface area contributed by atoms with E-state index in [0.717, 1.165) is 4.68 Å². The summed E-state index contributed by atoms with van der Waals surface area (Å²) in [4.78, 5) is 30.7. The monoisotopic (exact) mass is 419 g/mol. The van der Waals surface area contributed by atoms with E-state index in [-0.39, 0.29) is 28.1 Å². The van der Waals surface area contributed by atoms with E-state index >= 15 is 0 Å². The number of carbonyl (C=O) groups excluding carboxylic acids is 1. The van der Waals surface area contributed by atoms with Gasteiger partial charge in [0.2, 0.25) is 0 Å². The summed E-state index contributed by atoms with van der Waals surface area (Å²) < 4.78 is 26.1. The Hall–Kier alpha value is -4.20. The Morgan fingerprint density at radius 2 is 1.71 bits per heavy atom. The van der Waals surface area contributed by atoms with Crippen LogP contribution in [0.4, 0.5) is 4.39 Å². The van der Waals surface area contributed by atoms with Gasteiger partial charge >= 0.3 is 0 Å². The van der Waals surface area contributed by atoms with E-state index in [1.54, 1.807) is 42.5 Å². The number of methoxy groups -OCH3 is 2. The van der Waals surface area contributed by atoms with Crippen molar-refractivity contribution in [3.8, 4) is 22.9 Å². The van der Waals surface area contributed by atoms with Gasteiger partial charge in [-0.1, -0.05) is 30.3 Å². The molecule has 3 aromatic carbocycles. The number of hydrogen-bond donors (Lipinski definition) is 1. The number of aromatic nitrogens is 2. The molecule has 0 spiro atoms. The number of ether oxygens (including phenoxy) is 2. The lowest BCUT2D eigenvalue weighted by molar-refractivity contribution is 0.100. The van der Waals surface area contributed by atoms with Crippen molar-refractivity contribution >= 4 is 16.8 Å². The lowest BCUT2D eigenvalue weighted by atomic mass is 10.1. The van der Waals surface area contributed by atoms with Gasteiger partial charge in [-0.15, -0.1) is 0 Å². The van der Waals surface area contributed by atoms with Crippen molar-refractivity contribution in [1.29, 1.82) is 0 Å². The molecule has 4 aromatic rings. The van der Waals surface area contributed by atoms with Crippen molar-refractivity contribution in [2.75, 3.05) is 19.6 Å². The van der Waals surface area contributed by atoms with Crippen molar-refractivity contribution in [2.45, 2.75) is 0 Å². The first kappa shape index (κ1) is 20.1. The number of para-hydroxylation sites is 2. The van der Waals surface area contributed by atoms with Crippen LogP contribution in [0.5, 0.6) is 11.5 Å². The number of nitrogens with one attached hydrogen (secondary N) is 1. The van der Waals surface area contributed by atoms with Crippen molar-refractivity contribution < 1.29 is 18.7 Å². The minimum absolute atomic E-state index is 0.0305. The molecule has 156 valence electrons. The zero-order valence-corrected chi connectivity index (χ0v) is 16.8. The maximum Gasteiger partial charge on any atom is 0.280 e. The fourth-order valence-electron chi connectivity index (χ4n) is 3.29. The fourth-order valence-corrected chi connectivity index (χ4v) is 3.29. The second kappa shape index (κ2) is 8.27. The lowest BCUT2D eigenvalue weighted by Gasteiger charge is -2.17. The highest BCUT2D eigenvalue weighted by Crippen LogP contribution is 2.31. The SMILES string of the molecule is COc1cccc(C(=O)Nn2c(-c3ccccc3F)nc3ccccc3c2=O)c1OC. The molecule has 1 aromatic heterocycles. The van der Waals surface area contributed by atoms with Crippen LogP contribution in [0.2, 0.25) is 0 Å². The maximum absolute atomic E-state index is 14.6. The summed E-state index contributed by atoms with van der Waals surface area (Å²) in [5, 5.41) is 0.278. The van der Waals surface area contributed by atoms with E-state index in [9.17, 15) is 14.0 Å². The van der Waals surface area contributed by atoms with E-state index in [1.165, 1.54) is 38.5 Å². The number of fused-ring (bicyclic) bond motifs is 1. The van der Waals surface area contributed by atoms with E-state index < -0.39 is 17.3 Å². The van der Waals surface area contributed by atoms with Crippen LogP contribution in [-0.4, -0.2) is 29.8 Å². The van der Waals surface area contributed by atoms with Gasteiger partial charge in [-0.05, 0) is 36.4 Å². The highest BCUT2D eigenvalue weighted by atomic mass is 19.1. The predicted molar refractivity (Wildman–Crippen MR) is 115 cm³/mol. The van der Waals surface area contributed by atoms with Gasteiger partial charge in [0.05, 0.1) is 36.2 Å². The molecule has 0 saturated carbocycles. The first-order valence-electron chi connectivity index (χ1n) is 9.34. The zero-order chi connectivity index (χ0) is 22.0. The summed E-state index contributed by atoms with van der Waals surface area (Å²) in [5.41, 5.74) is 2.59. The normalized spacial score (nSPS) is 10.7. The minimum Gasteiger partial charge on any atom is -0.493 e. The Bertz CT molecular complexity index is 1350. The van der Waals surface area contributed by atoms with Gasteiger partial charge in [-0.3, -0.25) is 15.0 Å².